The van der Waals surface area contributed by atoms with Crippen LogP contribution in [0, 0.1) is 27.7 Å². The largest absolute Gasteiger partial charge is 0.326 e. The number of hydrogen-bond acceptors (Lipinski definition) is 4. The maximum atomic E-state index is 12.4. The highest BCUT2D eigenvalue weighted by molar-refractivity contribution is 5.90. The summed E-state index contributed by atoms with van der Waals surface area (Å²) in [7, 11) is 0. The van der Waals surface area contributed by atoms with E-state index in [1.54, 1.807) is 18.5 Å². The summed E-state index contributed by atoms with van der Waals surface area (Å²) < 4.78 is 1.64. The maximum Gasteiger partial charge on any atom is 0.255 e. The molecule has 0 aliphatic heterocycles. The van der Waals surface area contributed by atoms with Gasteiger partial charge in [-0.05, 0) is 63.3 Å². The summed E-state index contributed by atoms with van der Waals surface area (Å²) in [5, 5.41) is 7.48. The number of carbonyl (C=O) groups is 1. The van der Waals surface area contributed by atoms with E-state index in [0.29, 0.717) is 36.0 Å². The molecule has 0 saturated heterocycles. The SMILES string of the molecule is Cc1nn(-c2nc(C)c(C)c(=O)[nH]2)c(C)c1CCC(=O)Nc1ccc(C(C)C)cc1. The minimum absolute atomic E-state index is 0.0449. The predicted molar refractivity (Wildman–Crippen MR) is 118 cm³/mol. The van der Waals surface area contributed by atoms with Crippen LogP contribution in [0.3, 0.4) is 0 Å². The first-order chi connectivity index (χ1) is 14.2. The number of carbonyl (C=O) groups excluding carboxylic acids is 1. The van der Waals surface area contributed by atoms with Gasteiger partial charge in [0.15, 0.2) is 0 Å². The fraction of sp³-hybridized carbons (Fsp3) is 0.391. The van der Waals surface area contributed by atoms with Crippen molar-refractivity contribution in [1.29, 1.82) is 0 Å². The third kappa shape index (κ3) is 4.50. The molecule has 2 N–H and O–H groups in total. The zero-order valence-corrected chi connectivity index (χ0v) is 18.5. The Labute approximate surface area is 176 Å². The second-order valence-corrected chi connectivity index (χ2v) is 7.99. The summed E-state index contributed by atoms with van der Waals surface area (Å²) in [6, 6.07) is 7.94. The summed E-state index contributed by atoms with van der Waals surface area (Å²) in [6.07, 6.45) is 0.902. The Morgan fingerprint density at radius 1 is 1.10 bits per heavy atom. The van der Waals surface area contributed by atoms with Crippen LogP contribution in [-0.4, -0.2) is 25.7 Å². The van der Waals surface area contributed by atoms with Crippen molar-refractivity contribution in [2.24, 2.45) is 0 Å². The number of aromatic nitrogens is 4. The monoisotopic (exact) mass is 407 g/mol. The summed E-state index contributed by atoms with van der Waals surface area (Å²) in [6.45, 7) is 11.7. The van der Waals surface area contributed by atoms with Gasteiger partial charge in [0.2, 0.25) is 11.9 Å². The molecule has 0 saturated carbocycles. The highest BCUT2D eigenvalue weighted by Gasteiger charge is 2.16. The second kappa shape index (κ2) is 8.65. The van der Waals surface area contributed by atoms with E-state index in [9.17, 15) is 9.59 Å². The van der Waals surface area contributed by atoms with Gasteiger partial charge < -0.3 is 5.32 Å². The van der Waals surface area contributed by atoms with Crippen LogP contribution in [0.15, 0.2) is 29.1 Å². The Morgan fingerprint density at radius 2 is 1.77 bits per heavy atom. The molecular weight excluding hydrogens is 378 g/mol. The van der Waals surface area contributed by atoms with Crippen molar-refractivity contribution in [3.63, 3.8) is 0 Å². The van der Waals surface area contributed by atoms with Gasteiger partial charge in [-0.3, -0.25) is 14.6 Å². The number of anilines is 1. The first-order valence-corrected chi connectivity index (χ1v) is 10.2. The molecule has 0 fully saturated rings. The number of H-pyrrole nitrogens is 1. The molecule has 3 rings (SSSR count). The Kier molecular flexibility index (Phi) is 6.20. The first kappa shape index (κ1) is 21.5. The molecule has 0 radical (unpaired) electrons. The summed E-state index contributed by atoms with van der Waals surface area (Å²) >= 11 is 0. The molecule has 1 aromatic carbocycles. The molecule has 0 aliphatic rings. The number of benzene rings is 1. The van der Waals surface area contributed by atoms with Gasteiger partial charge in [-0.2, -0.15) is 5.10 Å². The van der Waals surface area contributed by atoms with Crippen LogP contribution < -0.4 is 10.9 Å². The van der Waals surface area contributed by atoms with Crippen molar-refractivity contribution in [2.75, 3.05) is 5.32 Å². The zero-order valence-electron chi connectivity index (χ0n) is 18.5. The molecule has 0 atom stereocenters. The van der Waals surface area contributed by atoms with Crippen molar-refractivity contribution in [1.82, 2.24) is 19.7 Å². The lowest BCUT2D eigenvalue weighted by Crippen LogP contribution is -2.18. The molecule has 0 spiro atoms. The lowest BCUT2D eigenvalue weighted by atomic mass is 10.0. The van der Waals surface area contributed by atoms with Crippen LogP contribution in [-0.2, 0) is 11.2 Å². The van der Waals surface area contributed by atoms with Gasteiger partial charge in [-0.15, -0.1) is 0 Å². The van der Waals surface area contributed by atoms with Crippen molar-refractivity contribution in [2.45, 2.75) is 60.3 Å². The van der Waals surface area contributed by atoms with Crippen LogP contribution in [0.2, 0.25) is 0 Å². The Bertz CT molecular complexity index is 1120. The number of nitrogens with one attached hydrogen (secondary N) is 2. The normalized spacial score (nSPS) is 11.2. The van der Waals surface area contributed by atoms with Crippen molar-refractivity contribution in [3.8, 4) is 5.95 Å². The summed E-state index contributed by atoms with van der Waals surface area (Å²) in [4.78, 5) is 31.8. The summed E-state index contributed by atoms with van der Waals surface area (Å²) in [5.74, 6) is 0.806. The van der Waals surface area contributed by atoms with E-state index in [0.717, 1.165) is 22.6 Å². The van der Waals surface area contributed by atoms with E-state index in [1.165, 1.54) is 5.56 Å². The van der Waals surface area contributed by atoms with Crippen LogP contribution in [0.1, 0.15) is 60.0 Å². The molecule has 2 heterocycles. The average molecular weight is 408 g/mol. The fourth-order valence-corrected chi connectivity index (χ4v) is 3.39. The minimum Gasteiger partial charge on any atom is -0.326 e. The van der Waals surface area contributed by atoms with E-state index in [2.05, 4.69) is 34.2 Å². The molecule has 158 valence electrons. The van der Waals surface area contributed by atoms with Crippen LogP contribution in [0.5, 0.6) is 0 Å². The average Bonchev–Trinajstić information content (AvgIpc) is 2.98. The first-order valence-electron chi connectivity index (χ1n) is 10.2. The van der Waals surface area contributed by atoms with E-state index < -0.39 is 0 Å². The number of aryl methyl sites for hydroxylation is 2. The van der Waals surface area contributed by atoms with E-state index >= 15 is 0 Å². The second-order valence-electron chi connectivity index (χ2n) is 7.99. The highest BCUT2D eigenvalue weighted by atomic mass is 16.1. The Hall–Kier alpha value is -3.22. The van der Waals surface area contributed by atoms with Crippen LogP contribution in [0.25, 0.3) is 5.95 Å². The van der Waals surface area contributed by atoms with Gasteiger partial charge in [-0.1, -0.05) is 26.0 Å². The maximum absolute atomic E-state index is 12.4. The van der Waals surface area contributed by atoms with Gasteiger partial charge in [-0.25, -0.2) is 9.67 Å². The molecule has 0 bridgehead atoms. The van der Waals surface area contributed by atoms with Crippen molar-refractivity contribution in [3.05, 3.63) is 68.4 Å². The van der Waals surface area contributed by atoms with Gasteiger partial charge in [0.05, 0.1) is 5.69 Å². The third-order valence-corrected chi connectivity index (χ3v) is 5.49. The van der Waals surface area contributed by atoms with Gasteiger partial charge in [0.1, 0.15) is 0 Å². The summed E-state index contributed by atoms with van der Waals surface area (Å²) in [5.41, 5.74) is 5.81. The lowest BCUT2D eigenvalue weighted by molar-refractivity contribution is -0.116. The third-order valence-electron chi connectivity index (χ3n) is 5.49. The number of amides is 1. The molecule has 7 heteroatoms. The van der Waals surface area contributed by atoms with Crippen molar-refractivity contribution < 1.29 is 4.79 Å². The van der Waals surface area contributed by atoms with Crippen molar-refractivity contribution >= 4 is 11.6 Å². The minimum atomic E-state index is -0.172. The van der Waals surface area contributed by atoms with E-state index in [-0.39, 0.29) is 11.5 Å². The molecule has 1 amide bonds. The lowest BCUT2D eigenvalue weighted by Gasteiger charge is -2.09. The zero-order chi connectivity index (χ0) is 22.0. The van der Waals surface area contributed by atoms with Crippen LogP contribution in [0.4, 0.5) is 5.69 Å². The topological polar surface area (TPSA) is 92.7 Å². The molecule has 3 aromatic rings. The number of nitrogens with zero attached hydrogens (tertiary/aromatic N) is 3. The van der Waals surface area contributed by atoms with E-state index in [1.807, 2.05) is 38.1 Å². The number of hydrogen-bond donors (Lipinski definition) is 2. The number of rotatable bonds is 6. The van der Waals surface area contributed by atoms with Gasteiger partial charge in [0.25, 0.3) is 5.56 Å². The molecule has 0 unspecified atom stereocenters. The Morgan fingerprint density at radius 3 is 2.37 bits per heavy atom. The standard InChI is InChI=1S/C23H29N5O2/c1-13(2)18-7-9-19(10-8-18)25-21(29)12-11-20-16(5)27-28(17(20)6)23-24-15(4)14(3)22(30)26-23/h7-10,13H,11-12H2,1-6H3,(H,25,29)(H,24,26,30). The van der Waals surface area contributed by atoms with E-state index in [4.69, 9.17) is 0 Å². The van der Waals surface area contributed by atoms with Gasteiger partial charge in [0, 0.05) is 29.1 Å². The Balaban J connectivity index is 1.72. The molecule has 30 heavy (non-hydrogen) atoms. The molecule has 7 nitrogen and oxygen atoms in total. The van der Waals surface area contributed by atoms with Crippen LogP contribution >= 0.6 is 0 Å². The van der Waals surface area contributed by atoms with Gasteiger partial charge >= 0.3 is 0 Å². The smallest absolute Gasteiger partial charge is 0.255 e. The quantitative estimate of drug-likeness (QED) is 0.648. The molecule has 2 aromatic heterocycles. The predicted octanol–water partition coefficient (Wildman–Crippen LogP) is 3.88. The highest BCUT2D eigenvalue weighted by Crippen LogP contribution is 2.19. The fourth-order valence-electron chi connectivity index (χ4n) is 3.39. The number of aromatic amines is 1. The molecule has 0 aliphatic carbocycles. The molecular formula is C23H29N5O2.